The van der Waals surface area contributed by atoms with E-state index in [0.717, 1.165) is 30.5 Å². The molecule has 2 aliphatic rings. The van der Waals surface area contributed by atoms with Crippen LogP contribution in [0.4, 0.5) is 5.69 Å². The Kier molecular flexibility index (Phi) is 3.63. The Balaban J connectivity index is 1.37. The third-order valence-corrected chi connectivity index (χ3v) is 4.70. The summed E-state index contributed by atoms with van der Waals surface area (Å²) in [5.41, 5.74) is 2.71. The van der Waals surface area contributed by atoms with Gasteiger partial charge in [-0.3, -0.25) is 0 Å². The molecule has 1 fully saturated rings. The molecule has 2 aromatic rings. The molecule has 2 heterocycles. The Morgan fingerprint density at radius 2 is 1.68 bits per heavy atom. The van der Waals surface area contributed by atoms with E-state index in [-0.39, 0.29) is 0 Å². The summed E-state index contributed by atoms with van der Waals surface area (Å²) < 4.78 is 10.9. The molecule has 114 valence electrons. The second-order valence-electron chi connectivity index (χ2n) is 6.16. The molecule has 22 heavy (non-hydrogen) atoms. The van der Waals surface area contributed by atoms with Gasteiger partial charge in [0, 0.05) is 24.8 Å². The summed E-state index contributed by atoms with van der Waals surface area (Å²) >= 11 is 0. The van der Waals surface area contributed by atoms with Crippen molar-refractivity contribution < 1.29 is 9.47 Å². The zero-order valence-corrected chi connectivity index (χ0v) is 12.7. The number of anilines is 1. The maximum Gasteiger partial charge on any atom is 0.231 e. The lowest BCUT2D eigenvalue weighted by molar-refractivity contribution is 0.174. The molecular formula is C19H21NO2. The number of nitrogens with zero attached hydrogens (tertiary/aromatic N) is 1. The summed E-state index contributed by atoms with van der Waals surface area (Å²) in [6, 6.07) is 17.1. The van der Waals surface area contributed by atoms with Crippen molar-refractivity contribution >= 4 is 5.69 Å². The highest BCUT2D eigenvalue weighted by Crippen LogP contribution is 2.36. The fourth-order valence-corrected chi connectivity index (χ4v) is 3.42. The van der Waals surface area contributed by atoms with Crippen LogP contribution in [0.2, 0.25) is 0 Å². The van der Waals surface area contributed by atoms with Crippen LogP contribution in [0.1, 0.15) is 18.4 Å². The molecule has 0 N–H and O–H groups in total. The van der Waals surface area contributed by atoms with Crippen LogP contribution >= 0.6 is 0 Å². The lowest BCUT2D eigenvalue weighted by Crippen LogP contribution is -2.34. The molecule has 0 amide bonds. The van der Waals surface area contributed by atoms with Crippen LogP contribution in [0.15, 0.2) is 48.5 Å². The Morgan fingerprint density at radius 1 is 0.909 bits per heavy atom. The maximum atomic E-state index is 5.48. The second kappa shape index (κ2) is 5.91. The van der Waals surface area contributed by atoms with E-state index in [9.17, 15) is 0 Å². The third-order valence-electron chi connectivity index (χ3n) is 4.70. The van der Waals surface area contributed by atoms with Crippen molar-refractivity contribution in [2.75, 3.05) is 24.8 Å². The van der Waals surface area contributed by atoms with Crippen molar-refractivity contribution in [3.05, 3.63) is 54.1 Å². The first kappa shape index (κ1) is 13.5. The van der Waals surface area contributed by atoms with E-state index in [2.05, 4.69) is 47.4 Å². The number of ether oxygens (including phenoxy) is 2. The van der Waals surface area contributed by atoms with Gasteiger partial charge in [-0.25, -0.2) is 0 Å². The van der Waals surface area contributed by atoms with Crippen LogP contribution < -0.4 is 14.4 Å². The molecule has 2 aliphatic heterocycles. The molecule has 0 saturated carbocycles. The summed E-state index contributed by atoms with van der Waals surface area (Å²) in [5.74, 6) is 2.54. The molecule has 3 heteroatoms. The van der Waals surface area contributed by atoms with E-state index in [4.69, 9.17) is 9.47 Å². The zero-order valence-electron chi connectivity index (χ0n) is 12.7. The van der Waals surface area contributed by atoms with Gasteiger partial charge in [-0.1, -0.05) is 30.3 Å². The summed E-state index contributed by atoms with van der Waals surface area (Å²) in [5, 5.41) is 0. The van der Waals surface area contributed by atoms with Gasteiger partial charge in [0.1, 0.15) is 0 Å². The van der Waals surface area contributed by atoms with Crippen LogP contribution in [0, 0.1) is 5.92 Å². The molecule has 0 unspecified atom stereocenters. The highest BCUT2D eigenvalue weighted by molar-refractivity contribution is 5.57. The Labute approximate surface area is 131 Å². The first-order chi connectivity index (χ1) is 10.9. The maximum absolute atomic E-state index is 5.48. The number of piperidine rings is 1. The molecule has 4 rings (SSSR count). The summed E-state index contributed by atoms with van der Waals surface area (Å²) in [7, 11) is 0. The third kappa shape index (κ3) is 2.76. The van der Waals surface area contributed by atoms with E-state index < -0.39 is 0 Å². The molecule has 2 aromatic carbocycles. The van der Waals surface area contributed by atoms with E-state index in [1.807, 2.05) is 6.07 Å². The fraction of sp³-hybridized carbons (Fsp3) is 0.368. The largest absolute Gasteiger partial charge is 0.454 e. The van der Waals surface area contributed by atoms with Crippen molar-refractivity contribution in [1.82, 2.24) is 0 Å². The average molecular weight is 295 g/mol. The minimum atomic E-state index is 0.345. The Hall–Kier alpha value is -2.16. The smallest absolute Gasteiger partial charge is 0.231 e. The van der Waals surface area contributed by atoms with Gasteiger partial charge >= 0.3 is 0 Å². The summed E-state index contributed by atoms with van der Waals surface area (Å²) in [4.78, 5) is 2.46. The average Bonchev–Trinajstić information content (AvgIpc) is 3.04. The topological polar surface area (TPSA) is 21.7 Å². The van der Waals surface area contributed by atoms with Crippen molar-refractivity contribution in [1.29, 1.82) is 0 Å². The Morgan fingerprint density at radius 3 is 2.50 bits per heavy atom. The van der Waals surface area contributed by atoms with Crippen molar-refractivity contribution in [3.63, 3.8) is 0 Å². The van der Waals surface area contributed by atoms with Gasteiger partial charge in [-0.15, -0.1) is 0 Å². The monoisotopic (exact) mass is 295 g/mol. The van der Waals surface area contributed by atoms with E-state index in [1.54, 1.807) is 0 Å². The number of fused-ring (bicyclic) bond motifs is 1. The van der Waals surface area contributed by atoms with E-state index in [0.29, 0.717) is 6.79 Å². The van der Waals surface area contributed by atoms with Gasteiger partial charge in [-0.05, 0) is 42.9 Å². The standard InChI is InChI=1S/C19H21NO2/c1-2-4-15(5-3-1)12-16-8-10-20(11-9-16)17-6-7-18-19(13-17)22-14-21-18/h1-7,13,16H,8-12,14H2. The summed E-state index contributed by atoms with van der Waals surface area (Å²) in [6.07, 6.45) is 3.71. The number of hydrogen-bond acceptors (Lipinski definition) is 3. The molecule has 0 atom stereocenters. The van der Waals surface area contributed by atoms with Crippen molar-refractivity contribution in [3.8, 4) is 11.5 Å². The number of hydrogen-bond donors (Lipinski definition) is 0. The van der Waals surface area contributed by atoms with Crippen LogP contribution in [0.5, 0.6) is 11.5 Å². The lowest BCUT2D eigenvalue weighted by atomic mass is 9.90. The molecule has 0 radical (unpaired) electrons. The molecule has 0 bridgehead atoms. The van der Waals surface area contributed by atoms with Crippen LogP contribution in [-0.2, 0) is 6.42 Å². The number of benzene rings is 2. The highest BCUT2D eigenvalue weighted by Gasteiger charge is 2.21. The van der Waals surface area contributed by atoms with Crippen molar-refractivity contribution in [2.24, 2.45) is 5.92 Å². The van der Waals surface area contributed by atoms with Gasteiger partial charge in [0.2, 0.25) is 6.79 Å². The molecule has 3 nitrogen and oxygen atoms in total. The molecule has 0 spiro atoms. The molecule has 0 aliphatic carbocycles. The predicted molar refractivity (Wildman–Crippen MR) is 87.6 cm³/mol. The quantitative estimate of drug-likeness (QED) is 0.858. The first-order valence-corrected chi connectivity index (χ1v) is 8.07. The van der Waals surface area contributed by atoms with Gasteiger partial charge < -0.3 is 14.4 Å². The number of rotatable bonds is 3. The van der Waals surface area contributed by atoms with Crippen LogP contribution in [-0.4, -0.2) is 19.9 Å². The normalized spacial score (nSPS) is 17.7. The molecule has 0 aromatic heterocycles. The van der Waals surface area contributed by atoms with Gasteiger partial charge in [0.05, 0.1) is 0 Å². The lowest BCUT2D eigenvalue weighted by Gasteiger charge is -2.33. The van der Waals surface area contributed by atoms with E-state index >= 15 is 0 Å². The van der Waals surface area contributed by atoms with E-state index in [1.165, 1.54) is 30.5 Å². The molecule has 1 saturated heterocycles. The minimum absolute atomic E-state index is 0.345. The first-order valence-electron chi connectivity index (χ1n) is 8.07. The minimum Gasteiger partial charge on any atom is -0.454 e. The molecular weight excluding hydrogens is 274 g/mol. The Bertz CT molecular complexity index is 633. The SMILES string of the molecule is c1ccc(CC2CCN(c3ccc4c(c3)OCO4)CC2)cc1. The second-order valence-corrected chi connectivity index (χ2v) is 6.16. The highest BCUT2D eigenvalue weighted by atomic mass is 16.7. The van der Waals surface area contributed by atoms with Gasteiger partial charge in [0.25, 0.3) is 0 Å². The van der Waals surface area contributed by atoms with Gasteiger partial charge in [-0.2, -0.15) is 0 Å². The van der Waals surface area contributed by atoms with Crippen LogP contribution in [0.3, 0.4) is 0 Å². The predicted octanol–water partition coefficient (Wildman–Crippen LogP) is 3.87. The zero-order chi connectivity index (χ0) is 14.8. The fourth-order valence-electron chi connectivity index (χ4n) is 3.42. The van der Waals surface area contributed by atoms with Crippen LogP contribution in [0.25, 0.3) is 0 Å². The van der Waals surface area contributed by atoms with Crippen molar-refractivity contribution in [2.45, 2.75) is 19.3 Å². The van der Waals surface area contributed by atoms with Gasteiger partial charge in [0.15, 0.2) is 11.5 Å². The summed E-state index contributed by atoms with van der Waals surface area (Å²) in [6.45, 7) is 2.59.